The van der Waals surface area contributed by atoms with Crippen LogP contribution in [0.15, 0.2) is 119 Å². The van der Waals surface area contributed by atoms with Crippen molar-refractivity contribution in [2.75, 3.05) is 0 Å². The summed E-state index contributed by atoms with van der Waals surface area (Å²) in [4.78, 5) is 20.8. The molecule has 4 aromatic carbocycles. The SMILES string of the molecule is O=C1/C(=C\c2ccccc2OCc2ccc(Cl)cc2)SC(=NCc2ccccc2)N1Cc1ccccc1. The third-order valence-electron chi connectivity index (χ3n) is 5.82. The van der Waals surface area contributed by atoms with Gasteiger partial charge in [0, 0.05) is 10.6 Å². The summed E-state index contributed by atoms with van der Waals surface area (Å²) >= 11 is 7.40. The van der Waals surface area contributed by atoms with Crippen molar-refractivity contribution in [1.82, 2.24) is 4.90 Å². The fraction of sp³-hybridized carbons (Fsp3) is 0.0968. The van der Waals surface area contributed by atoms with Gasteiger partial charge in [0.2, 0.25) is 0 Å². The summed E-state index contributed by atoms with van der Waals surface area (Å²) in [5, 5.41) is 1.39. The Labute approximate surface area is 226 Å². The molecule has 1 heterocycles. The van der Waals surface area contributed by atoms with Crippen molar-refractivity contribution in [3.63, 3.8) is 0 Å². The van der Waals surface area contributed by atoms with E-state index in [2.05, 4.69) is 0 Å². The van der Waals surface area contributed by atoms with E-state index in [9.17, 15) is 4.79 Å². The number of ether oxygens (including phenoxy) is 1. The van der Waals surface area contributed by atoms with Crippen LogP contribution in [-0.2, 0) is 24.5 Å². The predicted octanol–water partition coefficient (Wildman–Crippen LogP) is 7.59. The smallest absolute Gasteiger partial charge is 0.267 e. The first-order chi connectivity index (χ1) is 18.2. The quantitative estimate of drug-likeness (QED) is 0.223. The van der Waals surface area contributed by atoms with Crippen molar-refractivity contribution in [2.45, 2.75) is 19.7 Å². The van der Waals surface area contributed by atoms with Crippen LogP contribution < -0.4 is 4.74 Å². The van der Waals surface area contributed by atoms with E-state index in [1.54, 1.807) is 4.90 Å². The van der Waals surface area contributed by atoms with E-state index in [1.165, 1.54) is 11.8 Å². The number of hydrogen-bond acceptors (Lipinski definition) is 4. The van der Waals surface area contributed by atoms with Crippen LogP contribution in [0.1, 0.15) is 22.3 Å². The molecule has 4 aromatic rings. The van der Waals surface area contributed by atoms with E-state index in [4.69, 9.17) is 21.3 Å². The van der Waals surface area contributed by atoms with Crippen LogP contribution in [0.3, 0.4) is 0 Å². The molecule has 1 saturated heterocycles. The predicted molar refractivity (Wildman–Crippen MR) is 152 cm³/mol. The Kier molecular flexibility index (Phi) is 8.04. The number of amides is 1. The van der Waals surface area contributed by atoms with Crippen LogP contribution in [0.2, 0.25) is 5.02 Å². The minimum absolute atomic E-state index is 0.0619. The standard InChI is InChI=1S/C31H25ClN2O2S/c32-27-17-15-25(16-18-27)22-36-28-14-8-7-13-26(28)19-29-30(35)34(21-24-11-5-2-6-12-24)31(37-29)33-20-23-9-3-1-4-10-23/h1-19H,20-22H2/b29-19+,33-31?. The molecule has 6 heteroatoms. The lowest BCUT2D eigenvalue weighted by molar-refractivity contribution is -0.122. The number of amidine groups is 1. The van der Waals surface area contributed by atoms with Crippen molar-refractivity contribution < 1.29 is 9.53 Å². The molecule has 184 valence electrons. The van der Waals surface area contributed by atoms with Gasteiger partial charge in [0.15, 0.2) is 5.17 Å². The molecule has 4 nitrogen and oxygen atoms in total. The topological polar surface area (TPSA) is 41.9 Å². The number of aliphatic imine (C=N–C) groups is 1. The average Bonchev–Trinajstić information content (AvgIpc) is 3.22. The fourth-order valence-corrected chi connectivity index (χ4v) is 4.98. The number of para-hydroxylation sites is 1. The number of halogens is 1. The lowest BCUT2D eigenvalue weighted by Crippen LogP contribution is -2.28. The van der Waals surface area contributed by atoms with Crippen LogP contribution >= 0.6 is 23.4 Å². The highest BCUT2D eigenvalue weighted by Gasteiger charge is 2.33. The molecule has 0 saturated carbocycles. The van der Waals surface area contributed by atoms with E-state index in [0.717, 1.165) is 22.3 Å². The molecule has 0 bridgehead atoms. The average molecular weight is 525 g/mol. The molecular formula is C31H25ClN2O2S. The zero-order valence-electron chi connectivity index (χ0n) is 20.1. The highest BCUT2D eigenvalue weighted by molar-refractivity contribution is 8.18. The summed E-state index contributed by atoms with van der Waals surface area (Å²) in [6, 6.07) is 35.4. The van der Waals surface area contributed by atoms with Crippen molar-refractivity contribution >= 4 is 40.5 Å². The van der Waals surface area contributed by atoms with Crippen molar-refractivity contribution in [2.24, 2.45) is 4.99 Å². The highest BCUT2D eigenvalue weighted by atomic mass is 35.5. The molecule has 0 atom stereocenters. The van der Waals surface area contributed by atoms with Crippen LogP contribution in [0.5, 0.6) is 5.75 Å². The van der Waals surface area contributed by atoms with E-state index in [1.807, 2.05) is 115 Å². The van der Waals surface area contributed by atoms with Gasteiger partial charge in [0.25, 0.3) is 5.91 Å². The minimum atomic E-state index is -0.0619. The summed E-state index contributed by atoms with van der Waals surface area (Å²) in [6.07, 6.45) is 1.90. The number of carbonyl (C=O) groups is 1. The highest BCUT2D eigenvalue weighted by Crippen LogP contribution is 2.35. The number of rotatable bonds is 8. The molecule has 1 aliphatic rings. The summed E-state index contributed by atoms with van der Waals surface area (Å²) in [6.45, 7) is 1.38. The monoisotopic (exact) mass is 524 g/mol. The van der Waals surface area contributed by atoms with Crippen molar-refractivity contribution in [1.29, 1.82) is 0 Å². The van der Waals surface area contributed by atoms with E-state index >= 15 is 0 Å². The summed E-state index contributed by atoms with van der Waals surface area (Å²) in [5.74, 6) is 0.649. The maximum absolute atomic E-state index is 13.6. The zero-order valence-corrected chi connectivity index (χ0v) is 21.7. The Morgan fingerprint density at radius 2 is 1.43 bits per heavy atom. The summed E-state index contributed by atoms with van der Waals surface area (Å²) in [5.41, 5.74) is 4.01. The second-order valence-corrected chi connectivity index (χ2v) is 9.97. The number of hydrogen-bond donors (Lipinski definition) is 0. The summed E-state index contributed by atoms with van der Waals surface area (Å²) < 4.78 is 6.11. The van der Waals surface area contributed by atoms with Crippen molar-refractivity contribution in [3.05, 3.63) is 141 Å². The summed E-state index contributed by atoms with van der Waals surface area (Å²) in [7, 11) is 0. The third kappa shape index (κ3) is 6.50. The molecular weight excluding hydrogens is 500 g/mol. The maximum atomic E-state index is 13.6. The third-order valence-corrected chi connectivity index (χ3v) is 7.12. The largest absolute Gasteiger partial charge is 0.488 e. The zero-order chi connectivity index (χ0) is 25.5. The Morgan fingerprint density at radius 1 is 0.784 bits per heavy atom. The second-order valence-electron chi connectivity index (χ2n) is 8.52. The van der Waals surface area contributed by atoms with Gasteiger partial charge in [-0.25, -0.2) is 0 Å². The second kappa shape index (κ2) is 12.0. The normalized spacial score (nSPS) is 15.5. The molecule has 1 amide bonds. The Hall–Kier alpha value is -3.80. The number of nitrogens with zero attached hydrogens (tertiary/aromatic N) is 2. The molecule has 1 fully saturated rings. The van der Waals surface area contributed by atoms with Crippen LogP contribution in [0, 0.1) is 0 Å². The Morgan fingerprint density at radius 3 is 2.16 bits per heavy atom. The van der Waals surface area contributed by atoms with Crippen molar-refractivity contribution in [3.8, 4) is 5.75 Å². The number of benzene rings is 4. The number of carbonyl (C=O) groups excluding carboxylic acids is 1. The number of thioether (sulfide) groups is 1. The first-order valence-electron chi connectivity index (χ1n) is 12.0. The molecule has 37 heavy (non-hydrogen) atoms. The van der Waals surface area contributed by atoms with Gasteiger partial charge >= 0.3 is 0 Å². The van der Waals surface area contributed by atoms with Gasteiger partial charge in [-0.15, -0.1) is 0 Å². The lowest BCUT2D eigenvalue weighted by atomic mass is 10.1. The maximum Gasteiger partial charge on any atom is 0.267 e. The Balaban J connectivity index is 1.40. The van der Waals surface area contributed by atoms with E-state index in [-0.39, 0.29) is 5.91 Å². The van der Waals surface area contributed by atoms with Gasteiger partial charge in [0.05, 0.1) is 18.0 Å². The van der Waals surface area contributed by atoms with E-state index in [0.29, 0.717) is 40.5 Å². The van der Waals surface area contributed by atoms with Gasteiger partial charge in [-0.3, -0.25) is 14.7 Å². The minimum Gasteiger partial charge on any atom is -0.488 e. The molecule has 5 rings (SSSR count). The van der Waals surface area contributed by atoms with Gasteiger partial charge in [-0.05, 0) is 52.7 Å². The lowest BCUT2D eigenvalue weighted by Gasteiger charge is -2.15. The molecule has 0 radical (unpaired) electrons. The molecule has 0 unspecified atom stereocenters. The molecule has 0 spiro atoms. The fourth-order valence-electron chi connectivity index (χ4n) is 3.89. The molecule has 0 aromatic heterocycles. The first-order valence-corrected chi connectivity index (χ1v) is 13.1. The van der Waals surface area contributed by atoms with E-state index < -0.39 is 0 Å². The van der Waals surface area contributed by atoms with Gasteiger partial charge in [-0.1, -0.05) is 103 Å². The van der Waals surface area contributed by atoms with Gasteiger partial charge < -0.3 is 4.74 Å². The first kappa shape index (κ1) is 24.9. The van der Waals surface area contributed by atoms with Crippen LogP contribution in [-0.4, -0.2) is 16.0 Å². The molecule has 0 N–H and O–H groups in total. The van der Waals surface area contributed by atoms with Crippen LogP contribution in [0.25, 0.3) is 6.08 Å². The van der Waals surface area contributed by atoms with Crippen LogP contribution in [0.4, 0.5) is 0 Å². The molecule has 0 aliphatic carbocycles. The Bertz CT molecular complexity index is 1420. The van der Waals surface area contributed by atoms with Gasteiger partial charge in [0.1, 0.15) is 12.4 Å². The molecule has 1 aliphatic heterocycles. The van der Waals surface area contributed by atoms with Gasteiger partial charge in [-0.2, -0.15) is 0 Å².